The number of nitrogens with one attached hydrogen (secondary N) is 2. The van der Waals surface area contributed by atoms with Crippen molar-refractivity contribution in [3.05, 3.63) is 48.0 Å². The van der Waals surface area contributed by atoms with Crippen molar-refractivity contribution in [2.75, 3.05) is 19.5 Å². The smallest absolute Gasteiger partial charge is 0.286 e. The second kappa shape index (κ2) is 9.43. The largest absolute Gasteiger partial charge is 0.493 e. The van der Waals surface area contributed by atoms with Crippen LogP contribution in [0.15, 0.2) is 51.8 Å². The molecule has 0 aromatic heterocycles. The van der Waals surface area contributed by atoms with Crippen LogP contribution in [0.4, 0.5) is 5.69 Å². The van der Waals surface area contributed by atoms with Crippen molar-refractivity contribution in [1.82, 2.24) is 5.32 Å². The number of fused-ring (bicyclic) bond motifs is 1. The number of nitrogens with zero attached hydrogens (tertiary/aromatic N) is 1. The van der Waals surface area contributed by atoms with Gasteiger partial charge in [-0.2, -0.15) is 8.42 Å². The number of rotatable bonds is 8. The molecule has 0 radical (unpaired) electrons. The molecule has 33 heavy (non-hydrogen) atoms. The summed E-state index contributed by atoms with van der Waals surface area (Å²) in [5, 5.41) is 6.17. The lowest BCUT2D eigenvalue weighted by Crippen LogP contribution is -2.34. The molecule has 1 aliphatic carbocycles. The molecule has 9 heteroatoms. The van der Waals surface area contributed by atoms with Crippen LogP contribution in [0.5, 0.6) is 11.5 Å². The van der Waals surface area contributed by atoms with Gasteiger partial charge in [-0.25, -0.2) is 0 Å². The lowest BCUT2D eigenvalue weighted by atomic mass is 9.78. The second-order valence-corrected chi connectivity index (χ2v) is 10.2. The van der Waals surface area contributed by atoms with Gasteiger partial charge in [-0.05, 0) is 48.1 Å². The third-order valence-corrected chi connectivity index (χ3v) is 7.73. The normalized spacial score (nSPS) is 17.9. The van der Waals surface area contributed by atoms with Crippen LogP contribution in [0.3, 0.4) is 0 Å². The third kappa shape index (κ3) is 5.13. The first-order valence-electron chi connectivity index (χ1n) is 11.0. The van der Waals surface area contributed by atoms with Gasteiger partial charge in [-0.1, -0.05) is 31.0 Å². The van der Waals surface area contributed by atoms with Crippen molar-refractivity contribution in [2.45, 2.75) is 50.0 Å². The zero-order valence-corrected chi connectivity index (χ0v) is 19.7. The Labute approximate surface area is 194 Å². The Hall–Kier alpha value is -3.07. The quantitative estimate of drug-likeness (QED) is 0.605. The van der Waals surface area contributed by atoms with Crippen molar-refractivity contribution >= 4 is 27.5 Å². The molecular formula is C24H29N3O5S. The molecule has 0 saturated heterocycles. The predicted molar refractivity (Wildman–Crippen MR) is 126 cm³/mol. The molecule has 8 nitrogen and oxygen atoms in total. The number of amidine groups is 1. The van der Waals surface area contributed by atoms with Gasteiger partial charge >= 0.3 is 0 Å². The van der Waals surface area contributed by atoms with E-state index < -0.39 is 10.0 Å². The number of carbonyl (C=O) groups is 1. The van der Waals surface area contributed by atoms with E-state index in [4.69, 9.17) is 9.47 Å². The highest BCUT2D eigenvalue weighted by Gasteiger charge is 2.39. The Morgan fingerprint density at radius 2 is 1.82 bits per heavy atom. The summed E-state index contributed by atoms with van der Waals surface area (Å²) in [6.45, 7) is 0.371. The van der Waals surface area contributed by atoms with Gasteiger partial charge in [0.15, 0.2) is 11.5 Å². The van der Waals surface area contributed by atoms with E-state index in [9.17, 15) is 13.2 Å². The standard InChI is InChI=1S/C24H29N3O5S/c1-31-19-10-9-17(13-20(19)32-2)16-25-23(28)15-24(11-5-6-12-24)14-22-26-18-7-3-4-8-21(18)33(29,30)27-22/h3-4,7-10,13H,5-6,11-12,14-16H2,1-2H3,(H,25,28)(H,26,27). The van der Waals surface area contributed by atoms with E-state index in [0.717, 1.165) is 31.2 Å². The number of carbonyl (C=O) groups excluding carboxylic acids is 1. The number of methoxy groups -OCH3 is 2. The molecule has 1 aliphatic heterocycles. The Bertz CT molecular complexity index is 1170. The van der Waals surface area contributed by atoms with E-state index in [-0.39, 0.29) is 16.2 Å². The zero-order valence-electron chi connectivity index (χ0n) is 18.9. The van der Waals surface area contributed by atoms with Crippen LogP contribution in [0.1, 0.15) is 44.1 Å². The van der Waals surface area contributed by atoms with E-state index in [1.54, 1.807) is 38.5 Å². The number of hydrogen-bond donors (Lipinski definition) is 2. The topological polar surface area (TPSA) is 106 Å². The summed E-state index contributed by atoms with van der Waals surface area (Å²) in [6, 6.07) is 12.3. The molecule has 176 valence electrons. The monoisotopic (exact) mass is 471 g/mol. The van der Waals surface area contributed by atoms with Crippen LogP contribution >= 0.6 is 0 Å². The first kappa shape index (κ1) is 23.1. The van der Waals surface area contributed by atoms with Crippen LogP contribution < -0.4 is 20.1 Å². The minimum absolute atomic E-state index is 0.0636. The molecule has 0 unspecified atom stereocenters. The summed E-state index contributed by atoms with van der Waals surface area (Å²) in [5.41, 5.74) is 1.13. The van der Waals surface area contributed by atoms with Gasteiger partial charge in [0.2, 0.25) is 5.91 Å². The lowest BCUT2D eigenvalue weighted by Gasteiger charge is -2.30. The predicted octanol–water partition coefficient (Wildman–Crippen LogP) is 3.87. The van der Waals surface area contributed by atoms with Crippen LogP contribution in [0, 0.1) is 5.41 Å². The van der Waals surface area contributed by atoms with Crippen molar-refractivity contribution in [3.8, 4) is 11.5 Å². The minimum atomic E-state index is -3.74. The highest BCUT2D eigenvalue weighted by molar-refractivity contribution is 7.90. The fourth-order valence-corrected chi connectivity index (χ4v) is 5.88. The molecule has 0 spiro atoms. The molecule has 2 aliphatic rings. The maximum Gasteiger partial charge on any atom is 0.286 e. The minimum Gasteiger partial charge on any atom is -0.493 e. The van der Waals surface area contributed by atoms with Gasteiger partial charge in [0.05, 0.1) is 19.9 Å². The Morgan fingerprint density at radius 3 is 2.55 bits per heavy atom. The molecule has 2 N–H and O–H groups in total. The molecule has 1 fully saturated rings. The number of para-hydroxylation sites is 1. The summed E-state index contributed by atoms with van der Waals surface area (Å²) in [4.78, 5) is 13.1. The first-order chi connectivity index (χ1) is 15.8. The number of anilines is 1. The lowest BCUT2D eigenvalue weighted by molar-refractivity contribution is -0.123. The van der Waals surface area contributed by atoms with E-state index in [2.05, 4.69) is 15.0 Å². The highest BCUT2D eigenvalue weighted by atomic mass is 32.2. The highest BCUT2D eigenvalue weighted by Crippen LogP contribution is 2.45. The SMILES string of the molecule is COc1ccc(CNC(=O)CC2(CC3=NS(=O)(=O)c4ccccc4N3)CCCC2)cc1OC. The van der Waals surface area contributed by atoms with E-state index in [1.165, 1.54) is 0 Å². The van der Waals surface area contributed by atoms with Crippen molar-refractivity contribution in [3.63, 3.8) is 0 Å². The molecule has 0 bridgehead atoms. The summed E-state index contributed by atoms with van der Waals surface area (Å²) in [6.07, 6.45) is 4.49. The molecule has 4 rings (SSSR count). The van der Waals surface area contributed by atoms with Crippen LogP contribution in [-0.4, -0.2) is 34.4 Å². The molecule has 2 aromatic rings. The zero-order chi connectivity index (χ0) is 23.5. The molecule has 1 heterocycles. The number of sulfonamides is 1. The Kier molecular flexibility index (Phi) is 6.60. The molecule has 0 atom stereocenters. The number of benzene rings is 2. The van der Waals surface area contributed by atoms with Crippen molar-refractivity contribution < 1.29 is 22.7 Å². The fourth-order valence-electron chi connectivity index (χ4n) is 4.73. The van der Waals surface area contributed by atoms with Crippen LogP contribution in [0.25, 0.3) is 0 Å². The number of ether oxygens (including phenoxy) is 2. The Balaban J connectivity index is 1.43. The van der Waals surface area contributed by atoms with Gasteiger partial charge in [0.25, 0.3) is 10.0 Å². The third-order valence-electron chi connectivity index (χ3n) is 6.35. The van der Waals surface area contributed by atoms with Crippen LogP contribution in [-0.2, 0) is 21.4 Å². The molecular weight excluding hydrogens is 442 g/mol. The average Bonchev–Trinajstić information content (AvgIpc) is 3.24. The van der Waals surface area contributed by atoms with Crippen molar-refractivity contribution in [1.29, 1.82) is 0 Å². The molecule has 1 amide bonds. The second-order valence-electron chi connectivity index (χ2n) is 8.66. The Morgan fingerprint density at radius 1 is 1.09 bits per heavy atom. The number of amides is 1. The first-order valence-corrected chi connectivity index (χ1v) is 12.5. The summed E-state index contributed by atoms with van der Waals surface area (Å²) in [5.74, 6) is 1.59. The maximum absolute atomic E-state index is 12.9. The van der Waals surface area contributed by atoms with E-state index >= 15 is 0 Å². The van der Waals surface area contributed by atoms with E-state index in [0.29, 0.717) is 42.4 Å². The fraction of sp³-hybridized carbons (Fsp3) is 0.417. The summed E-state index contributed by atoms with van der Waals surface area (Å²) in [7, 11) is -0.591. The summed E-state index contributed by atoms with van der Waals surface area (Å²) >= 11 is 0. The van der Waals surface area contributed by atoms with Crippen LogP contribution in [0.2, 0.25) is 0 Å². The van der Waals surface area contributed by atoms with Crippen molar-refractivity contribution in [2.24, 2.45) is 9.81 Å². The molecule has 1 saturated carbocycles. The van der Waals surface area contributed by atoms with Gasteiger partial charge in [-0.15, -0.1) is 4.40 Å². The number of hydrogen-bond acceptors (Lipinski definition) is 6. The molecule has 2 aromatic carbocycles. The average molecular weight is 472 g/mol. The van der Waals surface area contributed by atoms with Gasteiger partial charge < -0.3 is 20.1 Å². The van der Waals surface area contributed by atoms with E-state index in [1.807, 2.05) is 18.2 Å². The van der Waals surface area contributed by atoms with Gasteiger partial charge in [-0.3, -0.25) is 4.79 Å². The maximum atomic E-state index is 12.9. The van der Waals surface area contributed by atoms with Gasteiger partial charge in [0, 0.05) is 19.4 Å². The van der Waals surface area contributed by atoms with Gasteiger partial charge in [0.1, 0.15) is 10.7 Å². The summed E-state index contributed by atoms with van der Waals surface area (Å²) < 4.78 is 39.8.